The summed E-state index contributed by atoms with van der Waals surface area (Å²) in [6.45, 7) is 3.33. The summed E-state index contributed by atoms with van der Waals surface area (Å²) < 4.78 is 0. The zero-order chi connectivity index (χ0) is 11.5. The van der Waals surface area contributed by atoms with E-state index >= 15 is 0 Å². The third-order valence-corrected chi connectivity index (χ3v) is 3.34. The predicted octanol–water partition coefficient (Wildman–Crippen LogP) is 1.70. The maximum atomic E-state index is 12.3. The molecule has 0 spiro atoms. The first kappa shape index (κ1) is 14.1. The van der Waals surface area contributed by atoms with Gasteiger partial charge in [0.15, 0.2) is 0 Å². The molecular formula is C12H20ClN3O. The molecule has 4 nitrogen and oxygen atoms in total. The van der Waals surface area contributed by atoms with Crippen LogP contribution >= 0.6 is 12.4 Å². The van der Waals surface area contributed by atoms with Gasteiger partial charge >= 0.3 is 0 Å². The third-order valence-electron chi connectivity index (χ3n) is 3.34. The Balaban J connectivity index is 0.00000144. The maximum Gasteiger partial charge on any atom is 0.255 e. The Bertz CT molecular complexity index is 378. The van der Waals surface area contributed by atoms with Crippen LogP contribution in [0.3, 0.4) is 0 Å². The van der Waals surface area contributed by atoms with E-state index in [2.05, 4.69) is 4.98 Å². The van der Waals surface area contributed by atoms with E-state index in [0.29, 0.717) is 6.54 Å². The molecular weight excluding hydrogens is 238 g/mol. The van der Waals surface area contributed by atoms with E-state index in [1.807, 2.05) is 24.1 Å². The van der Waals surface area contributed by atoms with Crippen molar-refractivity contribution in [3.63, 3.8) is 0 Å². The molecule has 2 rings (SSSR count). The van der Waals surface area contributed by atoms with Crippen LogP contribution in [-0.2, 0) is 0 Å². The van der Waals surface area contributed by atoms with Crippen molar-refractivity contribution in [1.29, 1.82) is 0 Å². The molecule has 1 unspecified atom stereocenters. The zero-order valence-electron chi connectivity index (χ0n) is 10.1. The van der Waals surface area contributed by atoms with Crippen molar-refractivity contribution in [2.24, 2.45) is 5.73 Å². The minimum atomic E-state index is 0. The second-order valence-electron chi connectivity index (χ2n) is 4.40. The van der Waals surface area contributed by atoms with Crippen LogP contribution in [0, 0.1) is 6.92 Å². The molecule has 17 heavy (non-hydrogen) atoms. The molecule has 1 amide bonds. The molecule has 1 fully saturated rings. The van der Waals surface area contributed by atoms with Crippen LogP contribution in [0.15, 0.2) is 12.3 Å². The highest BCUT2D eigenvalue weighted by Crippen LogP contribution is 2.20. The number of carbonyl (C=O) groups excluding carboxylic acids is 1. The van der Waals surface area contributed by atoms with Gasteiger partial charge in [0.2, 0.25) is 0 Å². The Hall–Kier alpha value is -1.00. The van der Waals surface area contributed by atoms with Gasteiger partial charge in [0, 0.05) is 31.0 Å². The number of likely N-dealkylation sites (tertiary alicyclic amines) is 1. The predicted molar refractivity (Wildman–Crippen MR) is 70.5 cm³/mol. The van der Waals surface area contributed by atoms with Gasteiger partial charge in [-0.15, -0.1) is 12.4 Å². The fraction of sp³-hybridized carbons (Fsp3) is 0.583. The smallest absolute Gasteiger partial charge is 0.255 e. The van der Waals surface area contributed by atoms with E-state index in [1.165, 1.54) is 6.42 Å². The Morgan fingerprint density at radius 2 is 2.35 bits per heavy atom. The van der Waals surface area contributed by atoms with Crippen LogP contribution in [0.5, 0.6) is 0 Å². The fourth-order valence-electron chi connectivity index (χ4n) is 2.35. The Kier molecular flexibility index (Phi) is 5.02. The summed E-state index contributed by atoms with van der Waals surface area (Å²) in [5.74, 6) is 0.119. The van der Waals surface area contributed by atoms with Gasteiger partial charge in [-0.2, -0.15) is 0 Å². The summed E-state index contributed by atoms with van der Waals surface area (Å²) in [4.78, 5) is 17.3. The number of nitrogens with two attached hydrogens (primary N) is 1. The quantitative estimate of drug-likeness (QED) is 0.847. The number of nitrogens with one attached hydrogen (secondary N) is 1. The molecule has 1 atom stereocenters. The molecule has 1 aliphatic rings. The first-order chi connectivity index (χ1) is 7.74. The number of amides is 1. The number of nitrogens with zero attached hydrogens (tertiary/aromatic N) is 1. The SMILES string of the molecule is Cc1[nH]ccc1C(=O)N1CCCCC1CN.Cl. The molecule has 3 N–H and O–H groups in total. The van der Waals surface area contributed by atoms with E-state index in [-0.39, 0.29) is 24.4 Å². The van der Waals surface area contributed by atoms with Gasteiger partial charge in [-0.25, -0.2) is 0 Å². The van der Waals surface area contributed by atoms with Crippen molar-refractivity contribution in [3.8, 4) is 0 Å². The Morgan fingerprint density at radius 1 is 1.59 bits per heavy atom. The normalized spacial score (nSPS) is 19.9. The summed E-state index contributed by atoms with van der Waals surface area (Å²) in [7, 11) is 0. The summed E-state index contributed by atoms with van der Waals surface area (Å²) in [6.07, 6.45) is 5.11. The molecule has 0 saturated carbocycles. The molecule has 1 aromatic rings. The average Bonchev–Trinajstić information content (AvgIpc) is 2.74. The molecule has 1 saturated heterocycles. The van der Waals surface area contributed by atoms with Crippen LogP contribution in [0.4, 0.5) is 0 Å². The number of rotatable bonds is 2. The second-order valence-corrected chi connectivity index (χ2v) is 4.40. The Labute approximate surface area is 108 Å². The minimum absolute atomic E-state index is 0. The monoisotopic (exact) mass is 257 g/mol. The topological polar surface area (TPSA) is 62.1 Å². The standard InChI is InChI=1S/C12H19N3O.ClH/c1-9-11(5-6-14-9)12(16)15-7-3-2-4-10(15)8-13;/h5-6,10,14H,2-4,7-8,13H2,1H3;1H. The maximum absolute atomic E-state index is 12.3. The number of hydrogen-bond donors (Lipinski definition) is 2. The van der Waals surface area contributed by atoms with Gasteiger partial charge in [-0.3, -0.25) is 4.79 Å². The molecule has 2 heterocycles. The molecule has 0 aromatic carbocycles. The van der Waals surface area contributed by atoms with E-state index in [0.717, 1.165) is 30.6 Å². The molecule has 0 aliphatic carbocycles. The number of aromatic nitrogens is 1. The molecule has 1 aromatic heterocycles. The highest BCUT2D eigenvalue weighted by Gasteiger charge is 2.27. The van der Waals surface area contributed by atoms with Crippen molar-refractivity contribution in [1.82, 2.24) is 9.88 Å². The van der Waals surface area contributed by atoms with Crippen molar-refractivity contribution < 1.29 is 4.79 Å². The number of carbonyl (C=O) groups is 1. The van der Waals surface area contributed by atoms with Crippen molar-refractivity contribution in [3.05, 3.63) is 23.5 Å². The lowest BCUT2D eigenvalue weighted by atomic mass is 10.0. The van der Waals surface area contributed by atoms with Crippen molar-refractivity contribution in [2.45, 2.75) is 32.2 Å². The molecule has 0 bridgehead atoms. The number of halogens is 1. The van der Waals surface area contributed by atoms with Crippen LogP contribution in [0.25, 0.3) is 0 Å². The number of hydrogen-bond acceptors (Lipinski definition) is 2. The van der Waals surface area contributed by atoms with Gasteiger partial charge in [-0.1, -0.05) is 0 Å². The molecule has 5 heteroatoms. The fourth-order valence-corrected chi connectivity index (χ4v) is 2.35. The third kappa shape index (κ3) is 2.82. The van der Waals surface area contributed by atoms with Gasteiger partial charge < -0.3 is 15.6 Å². The first-order valence-corrected chi connectivity index (χ1v) is 5.89. The summed E-state index contributed by atoms with van der Waals surface area (Å²) in [5.41, 5.74) is 7.44. The highest BCUT2D eigenvalue weighted by atomic mass is 35.5. The van der Waals surface area contributed by atoms with Gasteiger partial charge in [0.05, 0.1) is 5.56 Å². The van der Waals surface area contributed by atoms with Crippen LogP contribution in [0.1, 0.15) is 35.3 Å². The van der Waals surface area contributed by atoms with Gasteiger partial charge in [-0.05, 0) is 32.3 Å². The van der Waals surface area contributed by atoms with Crippen LogP contribution in [-0.4, -0.2) is 34.9 Å². The summed E-state index contributed by atoms with van der Waals surface area (Å²) >= 11 is 0. The largest absolute Gasteiger partial charge is 0.365 e. The lowest BCUT2D eigenvalue weighted by Gasteiger charge is -2.35. The van der Waals surface area contributed by atoms with Crippen LogP contribution in [0.2, 0.25) is 0 Å². The Morgan fingerprint density at radius 3 is 2.94 bits per heavy atom. The minimum Gasteiger partial charge on any atom is -0.365 e. The van der Waals surface area contributed by atoms with E-state index in [9.17, 15) is 4.79 Å². The van der Waals surface area contributed by atoms with Crippen LogP contribution < -0.4 is 5.73 Å². The zero-order valence-corrected chi connectivity index (χ0v) is 10.9. The van der Waals surface area contributed by atoms with Gasteiger partial charge in [0.25, 0.3) is 5.91 Å². The average molecular weight is 258 g/mol. The lowest BCUT2D eigenvalue weighted by Crippen LogP contribution is -2.47. The highest BCUT2D eigenvalue weighted by molar-refractivity contribution is 5.95. The summed E-state index contributed by atoms with van der Waals surface area (Å²) in [5, 5.41) is 0. The molecule has 0 radical (unpaired) electrons. The second kappa shape index (κ2) is 6.07. The number of H-pyrrole nitrogens is 1. The van der Waals surface area contributed by atoms with E-state index in [1.54, 1.807) is 0 Å². The van der Waals surface area contributed by atoms with Gasteiger partial charge in [0.1, 0.15) is 0 Å². The van der Waals surface area contributed by atoms with Crippen molar-refractivity contribution >= 4 is 18.3 Å². The van der Waals surface area contributed by atoms with E-state index < -0.39 is 0 Å². The van der Waals surface area contributed by atoms with E-state index in [4.69, 9.17) is 5.73 Å². The lowest BCUT2D eigenvalue weighted by molar-refractivity contribution is 0.0623. The number of aryl methyl sites for hydroxylation is 1. The first-order valence-electron chi connectivity index (χ1n) is 5.89. The summed E-state index contributed by atoms with van der Waals surface area (Å²) in [6, 6.07) is 2.07. The number of aromatic amines is 1. The molecule has 1 aliphatic heterocycles. The molecule has 96 valence electrons. The number of piperidine rings is 1. The van der Waals surface area contributed by atoms with Crippen molar-refractivity contribution in [2.75, 3.05) is 13.1 Å².